The predicted molar refractivity (Wildman–Crippen MR) is 155 cm³/mol. The van der Waals surface area contributed by atoms with Crippen molar-refractivity contribution in [2.75, 3.05) is 6.26 Å². The van der Waals surface area contributed by atoms with Crippen LogP contribution in [0.4, 0.5) is 17.6 Å². The number of alkyl halides is 2. The van der Waals surface area contributed by atoms with E-state index in [1.54, 1.807) is 30.3 Å². The molecular formula is C31H28F4N2O3S2. The average molecular weight is 617 g/mol. The van der Waals surface area contributed by atoms with Gasteiger partial charge in [0.05, 0.1) is 22.0 Å². The molecule has 4 rings (SSSR count). The standard InChI is InChI=1S/C31H28F4N2O3S2/c1-3-4-5-6-15-31(34,35)25-17-27(29-14-13-28(41-29)20-8-11-23(12-9-20)42(2,39)40)37(30(38)24(25)18-36)19-21-7-10-22(32)16-26(21)33/h7-14,16-17H,3-6,15,19H2,1-2H3. The number of hydrogen-bond donors (Lipinski definition) is 0. The average Bonchev–Trinajstić information content (AvgIpc) is 3.43. The second-order valence-electron chi connectivity index (χ2n) is 10.0. The van der Waals surface area contributed by atoms with E-state index in [0.717, 1.165) is 53.2 Å². The first kappa shape index (κ1) is 31.2. The third-order valence-corrected chi connectivity index (χ3v) is 9.20. The van der Waals surface area contributed by atoms with E-state index in [4.69, 9.17) is 0 Å². The summed E-state index contributed by atoms with van der Waals surface area (Å²) >= 11 is 1.16. The minimum absolute atomic E-state index is 0.0509. The molecule has 0 unspecified atom stereocenters. The second kappa shape index (κ2) is 12.6. The van der Waals surface area contributed by atoms with Crippen LogP contribution >= 0.6 is 11.3 Å². The van der Waals surface area contributed by atoms with Crippen LogP contribution < -0.4 is 5.56 Å². The molecule has 0 radical (unpaired) electrons. The molecule has 0 N–H and O–H groups in total. The fraction of sp³-hybridized carbons (Fsp3) is 0.290. The second-order valence-corrected chi connectivity index (χ2v) is 13.1. The largest absolute Gasteiger partial charge is 0.302 e. The monoisotopic (exact) mass is 616 g/mol. The van der Waals surface area contributed by atoms with Crippen molar-refractivity contribution in [1.29, 1.82) is 5.26 Å². The van der Waals surface area contributed by atoms with Crippen LogP contribution in [-0.2, 0) is 22.3 Å². The molecular weight excluding hydrogens is 588 g/mol. The lowest BCUT2D eigenvalue weighted by Gasteiger charge is -2.21. The van der Waals surface area contributed by atoms with Gasteiger partial charge in [-0.2, -0.15) is 5.26 Å². The zero-order valence-electron chi connectivity index (χ0n) is 23.0. The van der Waals surface area contributed by atoms with E-state index in [-0.39, 0.29) is 22.6 Å². The van der Waals surface area contributed by atoms with Crippen molar-refractivity contribution in [3.8, 4) is 27.1 Å². The van der Waals surface area contributed by atoms with Crippen LogP contribution in [-0.4, -0.2) is 19.2 Å². The molecule has 0 fully saturated rings. The zero-order valence-corrected chi connectivity index (χ0v) is 24.6. The Kier molecular flexibility index (Phi) is 9.38. The summed E-state index contributed by atoms with van der Waals surface area (Å²) < 4.78 is 83.9. The molecule has 5 nitrogen and oxygen atoms in total. The fourth-order valence-electron chi connectivity index (χ4n) is 4.63. The van der Waals surface area contributed by atoms with Crippen molar-refractivity contribution in [1.82, 2.24) is 4.57 Å². The highest BCUT2D eigenvalue weighted by atomic mass is 32.2. The van der Waals surface area contributed by atoms with Gasteiger partial charge >= 0.3 is 0 Å². The van der Waals surface area contributed by atoms with Gasteiger partial charge in [-0.25, -0.2) is 26.0 Å². The first-order chi connectivity index (χ1) is 19.9. The first-order valence-corrected chi connectivity index (χ1v) is 16.0. The maximum atomic E-state index is 15.5. The summed E-state index contributed by atoms with van der Waals surface area (Å²) in [5.74, 6) is -5.20. The van der Waals surface area contributed by atoms with Gasteiger partial charge in [-0.1, -0.05) is 44.4 Å². The van der Waals surface area contributed by atoms with Gasteiger partial charge in [0, 0.05) is 34.7 Å². The van der Waals surface area contributed by atoms with E-state index in [1.807, 2.05) is 6.92 Å². The summed E-state index contributed by atoms with van der Waals surface area (Å²) in [5.41, 5.74) is -1.77. The number of halogens is 4. The maximum Gasteiger partial charge on any atom is 0.274 e. The van der Waals surface area contributed by atoms with Crippen molar-refractivity contribution in [2.24, 2.45) is 0 Å². The van der Waals surface area contributed by atoms with Crippen molar-refractivity contribution < 1.29 is 26.0 Å². The number of pyridine rings is 1. The quantitative estimate of drug-likeness (QED) is 0.127. The zero-order chi connectivity index (χ0) is 30.7. The SMILES string of the molecule is CCCCCCC(F)(F)c1cc(-c2ccc(-c3ccc(S(C)(=O)=O)cc3)s2)n(Cc2ccc(F)cc2F)c(=O)c1C#N. The van der Waals surface area contributed by atoms with Gasteiger partial charge in [-0.15, -0.1) is 11.3 Å². The molecule has 0 aliphatic carbocycles. The maximum absolute atomic E-state index is 15.5. The Morgan fingerprint density at radius 2 is 1.64 bits per heavy atom. The highest BCUT2D eigenvalue weighted by Gasteiger charge is 2.36. The summed E-state index contributed by atoms with van der Waals surface area (Å²) in [6.07, 6.45) is 2.97. The van der Waals surface area contributed by atoms with Crippen LogP contribution in [0.1, 0.15) is 55.7 Å². The molecule has 0 aliphatic heterocycles. The molecule has 0 saturated carbocycles. The van der Waals surface area contributed by atoms with E-state index < -0.39 is 57.0 Å². The molecule has 0 bridgehead atoms. The Morgan fingerprint density at radius 1 is 0.952 bits per heavy atom. The highest BCUT2D eigenvalue weighted by molar-refractivity contribution is 7.90. The Labute approximate surface area is 245 Å². The van der Waals surface area contributed by atoms with Crippen LogP contribution in [0.15, 0.2) is 70.4 Å². The van der Waals surface area contributed by atoms with Crippen LogP contribution in [0.25, 0.3) is 21.0 Å². The summed E-state index contributed by atoms with van der Waals surface area (Å²) in [7, 11) is -3.41. The lowest BCUT2D eigenvalue weighted by atomic mass is 9.97. The van der Waals surface area contributed by atoms with Gasteiger partial charge in [0.25, 0.3) is 11.5 Å². The number of nitrogens with zero attached hydrogens (tertiary/aromatic N) is 2. The molecule has 11 heteroatoms. The van der Waals surface area contributed by atoms with E-state index in [9.17, 15) is 27.3 Å². The minimum atomic E-state index is -3.46. The molecule has 4 aromatic rings. The highest BCUT2D eigenvalue weighted by Crippen LogP contribution is 2.40. The van der Waals surface area contributed by atoms with Crippen molar-refractivity contribution >= 4 is 21.2 Å². The number of unbranched alkanes of at least 4 members (excludes halogenated alkanes) is 3. The number of thiophene rings is 1. The minimum Gasteiger partial charge on any atom is -0.302 e. The number of benzene rings is 2. The Bertz CT molecular complexity index is 1810. The topological polar surface area (TPSA) is 79.9 Å². The van der Waals surface area contributed by atoms with Gasteiger partial charge in [0.1, 0.15) is 23.3 Å². The van der Waals surface area contributed by atoms with Gasteiger partial charge in [-0.3, -0.25) is 4.79 Å². The number of hydrogen-bond acceptors (Lipinski definition) is 5. The van der Waals surface area contributed by atoms with E-state index in [2.05, 4.69) is 0 Å². The molecule has 0 saturated heterocycles. The molecule has 2 aromatic carbocycles. The Hall–Kier alpha value is -3.75. The Morgan fingerprint density at radius 3 is 2.26 bits per heavy atom. The first-order valence-electron chi connectivity index (χ1n) is 13.3. The molecule has 42 heavy (non-hydrogen) atoms. The normalized spacial score (nSPS) is 11.9. The van der Waals surface area contributed by atoms with Crippen LogP contribution in [0.2, 0.25) is 0 Å². The third-order valence-electron chi connectivity index (χ3n) is 6.92. The van der Waals surface area contributed by atoms with Crippen molar-refractivity contribution in [3.63, 3.8) is 0 Å². The van der Waals surface area contributed by atoms with Gasteiger partial charge in [0.15, 0.2) is 9.84 Å². The van der Waals surface area contributed by atoms with E-state index in [1.165, 1.54) is 12.1 Å². The van der Waals surface area contributed by atoms with Crippen molar-refractivity contribution in [2.45, 2.75) is 56.4 Å². The molecule has 0 spiro atoms. The lowest BCUT2D eigenvalue weighted by molar-refractivity contribution is -0.0162. The number of nitriles is 1. The Balaban J connectivity index is 1.86. The van der Waals surface area contributed by atoms with Gasteiger partial charge < -0.3 is 4.57 Å². The molecule has 2 heterocycles. The van der Waals surface area contributed by atoms with Gasteiger partial charge in [0.2, 0.25) is 0 Å². The molecule has 0 aliphatic rings. The number of rotatable bonds is 11. The summed E-state index contributed by atoms with van der Waals surface area (Å²) in [5, 5.41) is 9.79. The van der Waals surface area contributed by atoms with Crippen molar-refractivity contribution in [3.05, 3.63) is 99.3 Å². The van der Waals surface area contributed by atoms with Crippen LogP contribution in [0, 0.1) is 23.0 Å². The smallest absolute Gasteiger partial charge is 0.274 e. The van der Waals surface area contributed by atoms with E-state index >= 15 is 8.78 Å². The molecule has 2 aromatic heterocycles. The summed E-state index contributed by atoms with van der Waals surface area (Å²) in [6.45, 7) is 1.53. The molecule has 220 valence electrons. The van der Waals surface area contributed by atoms with Crippen LogP contribution in [0.3, 0.4) is 0 Å². The third kappa shape index (κ3) is 6.82. The van der Waals surface area contributed by atoms with Gasteiger partial charge in [-0.05, 0) is 48.4 Å². The lowest BCUT2D eigenvalue weighted by Crippen LogP contribution is -2.30. The summed E-state index contributed by atoms with van der Waals surface area (Å²) in [6, 6.07) is 15.0. The summed E-state index contributed by atoms with van der Waals surface area (Å²) in [4.78, 5) is 14.8. The number of sulfone groups is 1. The fourth-order valence-corrected chi connectivity index (χ4v) is 6.30. The molecule has 0 atom stereocenters. The van der Waals surface area contributed by atoms with E-state index in [0.29, 0.717) is 27.8 Å². The molecule has 0 amide bonds. The predicted octanol–water partition coefficient (Wildman–Crippen LogP) is 7.91. The number of aromatic nitrogens is 1. The van der Waals surface area contributed by atoms with Crippen LogP contribution in [0.5, 0.6) is 0 Å².